The number of ether oxygens (including phenoxy) is 2. The molecule has 3 nitrogen and oxygen atoms in total. The van der Waals surface area contributed by atoms with E-state index >= 15 is 0 Å². The van der Waals surface area contributed by atoms with Crippen LogP contribution in [-0.4, -0.2) is 18.2 Å². The molecule has 1 aliphatic rings. The Kier molecular flexibility index (Phi) is 6.23. The molecule has 0 bridgehead atoms. The molecule has 0 N–H and O–H groups in total. The summed E-state index contributed by atoms with van der Waals surface area (Å²) >= 11 is 0. The van der Waals surface area contributed by atoms with Crippen LogP contribution in [0.3, 0.4) is 0 Å². The largest absolute Gasteiger partial charge is 0.460 e. The summed E-state index contributed by atoms with van der Waals surface area (Å²) in [6, 6.07) is 10.2. The molecule has 0 aromatic heterocycles. The van der Waals surface area contributed by atoms with E-state index < -0.39 is 5.60 Å². The van der Waals surface area contributed by atoms with Crippen LogP contribution in [0.4, 0.5) is 0 Å². The summed E-state index contributed by atoms with van der Waals surface area (Å²) in [4.78, 5) is 12.6. The smallest absolute Gasteiger partial charge is 0.312 e. The van der Waals surface area contributed by atoms with Crippen molar-refractivity contribution >= 4 is 5.97 Å². The average Bonchev–Trinajstić information content (AvgIpc) is 2.96. The second kappa shape index (κ2) is 7.96. The highest BCUT2D eigenvalue weighted by Gasteiger charge is 2.43. The van der Waals surface area contributed by atoms with Crippen LogP contribution in [0, 0.1) is 5.41 Å². The number of rotatable bonds is 7. The van der Waals surface area contributed by atoms with Crippen LogP contribution in [0.25, 0.3) is 0 Å². The minimum absolute atomic E-state index is 0.00874. The topological polar surface area (TPSA) is 35.5 Å². The zero-order valence-corrected chi connectivity index (χ0v) is 14.8. The second-order valence-corrected chi connectivity index (χ2v) is 7.63. The van der Waals surface area contributed by atoms with Gasteiger partial charge in [-0.15, -0.1) is 0 Å². The van der Waals surface area contributed by atoms with Gasteiger partial charge in [0.2, 0.25) is 0 Å². The SMILES string of the molecule is CC(C)(C)OC(=O)C1(CCCOCc2ccccc2)CCCC1. The first-order chi connectivity index (χ1) is 10.9. The van der Waals surface area contributed by atoms with Crippen LogP contribution >= 0.6 is 0 Å². The third-order valence-electron chi connectivity index (χ3n) is 4.45. The molecule has 1 fully saturated rings. The van der Waals surface area contributed by atoms with E-state index in [1.807, 2.05) is 39.0 Å². The molecule has 2 rings (SSSR count). The van der Waals surface area contributed by atoms with Gasteiger partial charge in [0, 0.05) is 6.61 Å². The van der Waals surface area contributed by atoms with E-state index in [2.05, 4.69) is 12.1 Å². The fraction of sp³-hybridized carbons (Fsp3) is 0.650. The number of carbonyl (C=O) groups is 1. The first-order valence-corrected chi connectivity index (χ1v) is 8.76. The summed E-state index contributed by atoms with van der Waals surface area (Å²) in [5, 5.41) is 0. The Bertz CT molecular complexity index is 481. The third kappa shape index (κ3) is 5.65. The van der Waals surface area contributed by atoms with Crippen molar-refractivity contribution in [2.24, 2.45) is 5.41 Å². The Morgan fingerprint density at radius 2 is 1.78 bits per heavy atom. The van der Waals surface area contributed by atoms with Gasteiger partial charge >= 0.3 is 5.97 Å². The van der Waals surface area contributed by atoms with E-state index in [-0.39, 0.29) is 11.4 Å². The molecule has 0 radical (unpaired) electrons. The lowest BCUT2D eigenvalue weighted by Crippen LogP contribution is -2.36. The molecule has 1 saturated carbocycles. The number of esters is 1. The number of carbonyl (C=O) groups excluding carboxylic acids is 1. The van der Waals surface area contributed by atoms with Crippen molar-refractivity contribution in [3.05, 3.63) is 35.9 Å². The molecule has 0 heterocycles. The summed E-state index contributed by atoms with van der Waals surface area (Å²) in [6.07, 6.45) is 5.96. The Hall–Kier alpha value is -1.35. The van der Waals surface area contributed by atoms with Crippen molar-refractivity contribution in [2.45, 2.75) is 71.5 Å². The Balaban J connectivity index is 1.77. The fourth-order valence-corrected chi connectivity index (χ4v) is 3.27. The third-order valence-corrected chi connectivity index (χ3v) is 4.45. The second-order valence-electron chi connectivity index (χ2n) is 7.63. The summed E-state index contributed by atoms with van der Waals surface area (Å²) in [5.74, 6) is -0.00874. The highest BCUT2D eigenvalue weighted by atomic mass is 16.6. The number of benzene rings is 1. The van der Waals surface area contributed by atoms with Gasteiger partial charge in [-0.1, -0.05) is 43.2 Å². The summed E-state index contributed by atoms with van der Waals surface area (Å²) in [5.41, 5.74) is 0.509. The van der Waals surface area contributed by atoms with Crippen LogP contribution < -0.4 is 0 Å². The van der Waals surface area contributed by atoms with E-state index in [0.29, 0.717) is 13.2 Å². The highest BCUT2D eigenvalue weighted by molar-refractivity contribution is 5.77. The molecule has 0 saturated heterocycles. The lowest BCUT2D eigenvalue weighted by molar-refractivity contribution is -0.168. The maximum atomic E-state index is 12.6. The summed E-state index contributed by atoms with van der Waals surface area (Å²) < 4.78 is 11.4. The normalized spacial score (nSPS) is 17.2. The van der Waals surface area contributed by atoms with Gasteiger partial charge in [-0.2, -0.15) is 0 Å². The number of hydrogen-bond acceptors (Lipinski definition) is 3. The molecule has 1 aliphatic carbocycles. The van der Waals surface area contributed by atoms with E-state index in [1.165, 1.54) is 5.56 Å². The molecule has 0 aliphatic heterocycles. The summed E-state index contributed by atoms with van der Waals surface area (Å²) in [6.45, 7) is 7.16. The predicted octanol–water partition coefficient (Wildman–Crippen LogP) is 4.89. The molecule has 0 atom stereocenters. The van der Waals surface area contributed by atoms with Gasteiger partial charge in [0.05, 0.1) is 12.0 Å². The average molecular weight is 318 g/mol. The minimum Gasteiger partial charge on any atom is -0.460 e. The first-order valence-electron chi connectivity index (χ1n) is 8.76. The maximum absolute atomic E-state index is 12.6. The number of hydrogen-bond donors (Lipinski definition) is 0. The Morgan fingerprint density at radius 3 is 2.39 bits per heavy atom. The monoisotopic (exact) mass is 318 g/mol. The van der Waals surface area contributed by atoms with Crippen molar-refractivity contribution in [3.8, 4) is 0 Å². The van der Waals surface area contributed by atoms with Gasteiger partial charge in [0.1, 0.15) is 5.60 Å². The van der Waals surface area contributed by atoms with Crippen molar-refractivity contribution in [1.29, 1.82) is 0 Å². The highest BCUT2D eigenvalue weighted by Crippen LogP contribution is 2.43. The molecular weight excluding hydrogens is 288 g/mol. The van der Waals surface area contributed by atoms with Gasteiger partial charge in [-0.3, -0.25) is 4.79 Å². The Labute approximate surface area is 140 Å². The van der Waals surface area contributed by atoms with Gasteiger partial charge in [0.25, 0.3) is 0 Å². The lowest BCUT2D eigenvalue weighted by atomic mass is 9.81. The van der Waals surface area contributed by atoms with Crippen molar-refractivity contribution in [3.63, 3.8) is 0 Å². The van der Waals surface area contributed by atoms with Crippen LogP contribution in [0.2, 0.25) is 0 Å². The first kappa shape index (κ1) is 18.0. The van der Waals surface area contributed by atoms with Crippen LogP contribution in [0.5, 0.6) is 0 Å². The molecule has 128 valence electrons. The molecule has 23 heavy (non-hydrogen) atoms. The molecule has 0 spiro atoms. The van der Waals surface area contributed by atoms with Crippen LogP contribution in [-0.2, 0) is 20.9 Å². The molecule has 0 unspecified atom stereocenters. The lowest BCUT2D eigenvalue weighted by Gasteiger charge is -2.31. The molecule has 0 amide bonds. The van der Waals surface area contributed by atoms with Gasteiger partial charge in [-0.05, 0) is 52.0 Å². The van der Waals surface area contributed by atoms with E-state index in [0.717, 1.165) is 38.5 Å². The van der Waals surface area contributed by atoms with Gasteiger partial charge < -0.3 is 9.47 Å². The van der Waals surface area contributed by atoms with Gasteiger partial charge in [0.15, 0.2) is 0 Å². The predicted molar refractivity (Wildman–Crippen MR) is 92.1 cm³/mol. The fourth-order valence-electron chi connectivity index (χ4n) is 3.27. The van der Waals surface area contributed by atoms with Crippen LogP contribution in [0.15, 0.2) is 30.3 Å². The van der Waals surface area contributed by atoms with Crippen molar-refractivity contribution < 1.29 is 14.3 Å². The molecule has 3 heteroatoms. The van der Waals surface area contributed by atoms with Crippen molar-refractivity contribution in [1.82, 2.24) is 0 Å². The zero-order chi connectivity index (χ0) is 16.8. The molecule has 1 aromatic rings. The van der Waals surface area contributed by atoms with E-state index in [9.17, 15) is 4.79 Å². The molecule has 1 aromatic carbocycles. The molecular formula is C20H30O3. The zero-order valence-electron chi connectivity index (χ0n) is 14.8. The van der Waals surface area contributed by atoms with Gasteiger partial charge in [-0.25, -0.2) is 0 Å². The van der Waals surface area contributed by atoms with Crippen LogP contribution in [0.1, 0.15) is 64.9 Å². The maximum Gasteiger partial charge on any atom is 0.312 e. The quantitative estimate of drug-likeness (QED) is 0.530. The minimum atomic E-state index is -0.406. The van der Waals surface area contributed by atoms with E-state index in [4.69, 9.17) is 9.47 Å². The van der Waals surface area contributed by atoms with Crippen molar-refractivity contribution in [2.75, 3.05) is 6.61 Å². The van der Waals surface area contributed by atoms with E-state index in [1.54, 1.807) is 0 Å². The standard InChI is InChI=1S/C20H30O3/c1-19(2,3)23-18(21)20(12-7-8-13-20)14-9-15-22-16-17-10-5-4-6-11-17/h4-6,10-11H,7-9,12-16H2,1-3H3. The summed E-state index contributed by atoms with van der Waals surface area (Å²) in [7, 11) is 0. The Morgan fingerprint density at radius 1 is 1.13 bits per heavy atom.